The molecule has 0 atom stereocenters. The van der Waals surface area contributed by atoms with E-state index in [2.05, 4.69) is 24.9 Å². The minimum absolute atomic E-state index is 0.481. The summed E-state index contributed by atoms with van der Waals surface area (Å²) in [4.78, 5) is 15.4. The first-order valence-electron chi connectivity index (χ1n) is 4.32. The van der Waals surface area contributed by atoms with Gasteiger partial charge in [0.1, 0.15) is 0 Å². The van der Waals surface area contributed by atoms with Crippen LogP contribution in [0, 0.1) is 0 Å². The van der Waals surface area contributed by atoms with Gasteiger partial charge in [0.2, 0.25) is 0 Å². The Kier molecular flexibility index (Phi) is 2.42. The first kappa shape index (κ1) is 8.46. The maximum atomic E-state index is 10.6. The summed E-state index contributed by atoms with van der Waals surface area (Å²) in [6.07, 6.45) is 0. The second-order valence-corrected chi connectivity index (χ2v) is 3.07. The van der Waals surface area contributed by atoms with Crippen LogP contribution >= 0.6 is 0 Å². The molecule has 1 aliphatic rings. The second kappa shape index (κ2) is 3.71. The average Bonchev–Trinajstić information content (AvgIpc) is 2.53. The summed E-state index contributed by atoms with van der Waals surface area (Å²) in [6, 6.07) is 0. The van der Waals surface area contributed by atoms with Crippen LogP contribution in [0.1, 0.15) is 5.82 Å². The van der Waals surface area contributed by atoms with Crippen LogP contribution < -0.4 is 11.1 Å². The van der Waals surface area contributed by atoms with Gasteiger partial charge < -0.3 is 5.32 Å². The fraction of sp³-hybridized carbons (Fsp3) is 0.714. The number of aromatic nitrogens is 2. The Hall–Kier alpha value is -1.14. The zero-order valence-corrected chi connectivity index (χ0v) is 7.25. The first-order valence-corrected chi connectivity index (χ1v) is 4.32. The Morgan fingerprint density at radius 2 is 2.23 bits per heavy atom. The molecule has 0 unspecified atom stereocenters. The molecular weight excluding hydrogens is 172 g/mol. The molecule has 72 valence electrons. The lowest BCUT2D eigenvalue weighted by Crippen LogP contribution is -2.43. The molecule has 0 radical (unpaired) electrons. The zero-order chi connectivity index (χ0) is 9.10. The van der Waals surface area contributed by atoms with Gasteiger partial charge in [-0.2, -0.15) is 0 Å². The van der Waals surface area contributed by atoms with Gasteiger partial charge in [-0.1, -0.05) is 5.16 Å². The van der Waals surface area contributed by atoms with E-state index in [0.717, 1.165) is 26.2 Å². The quantitative estimate of drug-likeness (QED) is 0.602. The van der Waals surface area contributed by atoms with Crippen LogP contribution in [0.25, 0.3) is 0 Å². The topological polar surface area (TPSA) is 74.2 Å². The third-order valence-corrected chi connectivity index (χ3v) is 2.07. The Morgan fingerprint density at radius 1 is 1.46 bits per heavy atom. The summed E-state index contributed by atoms with van der Waals surface area (Å²) in [6.45, 7) is 4.60. The summed E-state index contributed by atoms with van der Waals surface area (Å²) < 4.78 is 4.40. The molecule has 0 saturated carbocycles. The minimum atomic E-state index is -0.481. The van der Waals surface area contributed by atoms with Crippen molar-refractivity contribution in [1.82, 2.24) is 20.4 Å². The van der Waals surface area contributed by atoms with Crippen molar-refractivity contribution in [3.05, 3.63) is 16.4 Å². The van der Waals surface area contributed by atoms with Crippen molar-refractivity contribution in [2.75, 3.05) is 26.2 Å². The van der Waals surface area contributed by atoms with Gasteiger partial charge in [0, 0.05) is 26.2 Å². The third kappa shape index (κ3) is 2.16. The van der Waals surface area contributed by atoms with E-state index in [0.29, 0.717) is 12.4 Å². The summed E-state index contributed by atoms with van der Waals surface area (Å²) in [5.41, 5.74) is 0. The van der Waals surface area contributed by atoms with Crippen LogP contribution in [0.2, 0.25) is 0 Å². The van der Waals surface area contributed by atoms with Crippen molar-refractivity contribution >= 4 is 0 Å². The van der Waals surface area contributed by atoms with Gasteiger partial charge in [0.15, 0.2) is 5.82 Å². The third-order valence-electron chi connectivity index (χ3n) is 2.07. The minimum Gasteiger partial charge on any atom is -0.314 e. The maximum absolute atomic E-state index is 10.6. The highest BCUT2D eigenvalue weighted by Gasteiger charge is 2.11. The summed E-state index contributed by atoms with van der Waals surface area (Å²) in [5.74, 6) is 0.122. The van der Waals surface area contributed by atoms with Gasteiger partial charge in [-0.15, -0.1) is 0 Å². The smallest absolute Gasteiger partial charge is 0.314 e. The lowest BCUT2D eigenvalue weighted by Gasteiger charge is -2.25. The fourth-order valence-corrected chi connectivity index (χ4v) is 1.41. The number of rotatable bonds is 2. The van der Waals surface area contributed by atoms with Gasteiger partial charge in [-0.05, 0) is 0 Å². The van der Waals surface area contributed by atoms with Gasteiger partial charge in [-0.25, -0.2) is 4.79 Å². The van der Waals surface area contributed by atoms with Crippen LogP contribution in [-0.4, -0.2) is 41.2 Å². The highest BCUT2D eigenvalue weighted by molar-refractivity contribution is 4.80. The van der Waals surface area contributed by atoms with E-state index < -0.39 is 5.76 Å². The zero-order valence-electron chi connectivity index (χ0n) is 7.25. The predicted octanol–water partition coefficient (Wildman–Crippen LogP) is -1.23. The fourth-order valence-electron chi connectivity index (χ4n) is 1.41. The van der Waals surface area contributed by atoms with Crippen molar-refractivity contribution in [1.29, 1.82) is 0 Å². The molecule has 2 heterocycles. The molecule has 2 N–H and O–H groups in total. The SMILES string of the molecule is O=c1[nH]c(CN2CCNCC2)no1. The maximum Gasteiger partial charge on any atom is 0.438 e. The number of hydrogen-bond acceptors (Lipinski definition) is 5. The van der Waals surface area contributed by atoms with Crippen LogP contribution in [0.5, 0.6) is 0 Å². The molecule has 13 heavy (non-hydrogen) atoms. The van der Waals surface area contributed by atoms with E-state index in [4.69, 9.17) is 0 Å². The molecule has 6 nitrogen and oxygen atoms in total. The largest absolute Gasteiger partial charge is 0.438 e. The van der Waals surface area contributed by atoms with Crippen molar-refractivity contribution in [3.8, 4) is 0 Å². The molecule has 0 spiro atoms. The van der Waals surface area contributed by atoms with E-state index in [1.54, 1.807) is 0 Å². The summed E-state index contributed by atoms with van der Waals surface area (Å²) >= 11 is 0. The highest BCUT2D eigenvalue weighted by Crippen LogP contribution is 1.97. The number of piperazine rings is 1. The molecule has 2 rings (SSSR count). The van der Waals surface area contributed by atoms with Crippen LogP contribution in [0.15, 0.2) is 9.32 Å². The van der Waals surface area contributed by atoms with Crippen LogP contribution in [0.4, 0.5) is 0 Å². The number of aromatic amines is 1. The van der Waals surface area contributed by atoms with Crippen molar-refractivity contribution in [2.45, 2.75) is 6.54 Å². The molecule has 0 bridgehead atoms. The average molecular weight is 184 g/mol. The second-order valence-electron chi connectivity index (χ2n) is 3.07. The number of H-pyrrole nitrogens is 1. The molecule has 1 aromatic rings. The summed E-state index contributed by atoms with van der Waals surface area (Å²) in [7, 11) is 0. The molecule has 1 aliphatic heterocycles. The van der Waals surface area contributed by atoms with Gasteiger partial charge in [-0.3, -0.25) is 14.4 Å². The monoisotopic (exact) mass is 184 g/mol. The van der Waals surface area contributed by atoms with E-state index in [1.165, 1.54) is 0 Å². The van der Waals surface area contributed by atoms with Gasteiger partial charge in [0.25, 0.3) is 0 Å². The Labute approximate surface area is 74.9 Å². The molecule has 1 saturated heterocycles. The van der Waals surface area contributed by atoms with Crippen molar-refractivity contribution in [2.24, 2.45) is 0 Å². The van der Waals surface area contributed by atoms with Gasteiger partial charge in [0.05, 0.1) is 6.54 Å². The molecule has 0 aliphatic carbocycles. The van der Waals surface area contributed by atoms with E-state index >= 15 is 0 Å². The van der Waals surface area contributed by atoms with E-state index in [1.807, 2.05) is 0 Å². The predicted molar refractivity (Wildman–Crippen MR) is 45.3 cm³/mol. The molecular formula is C7H12N4O2. The number of nitrogens with zero attached hydrogens (tertiary/aromatic N) is 2. The normalized spacial score (nSPS) is 19.1. The van der Waals surface area contributed by atoms with Crippen LogP contribution in [0.3, 0.4) is 0 Å². The van der Waals surface area contributed by atoms with E-state index in [-0.39, 0.29) is 0 Å². The van der Waals surface area contributed by atoms with Crippen molar-refractivity contribution < 1.29 is 4.52 Å². The highest BCUT2D eigenvalue weighted by atomic mass is 16.5. The van der Waals surface area contributed by atoms with E-state index in [9.17, 15) is 4.79 Å². The first-order chi connectivity index (χ1) is 6.34. The number of hydrogen-bond donors (Lipinski definition) is 2. The molecule has 0 aromatic carbocycles. The van der Waals surface area contributed by atoms with Crippen molar-refractivity contribution in [3.63, 3.8) is 0 Å². The Bertz CT molecular complexity index is 312. The van der Waals surface area contributed by atoms with Crippen LogP contribution in [-0.2, 0) is 6.54 Å². The molecule has 1 fully saturated rings. The lowest BCUT2D eigenvalue weighted by atomic mass is 10.3. The number of nitrogens with one attached hydrogen (secondary N) is 2. The molecule has 1 aromatic heterocycles. The molecule has 0 amide bonds. The summed E-state index contributed by atoms with van der Waals surface area (Å²) in [5, 5.41) is 6.85. The van der Waals surface area contributed by atoms with Gasteiger partial charge >= 0.3 is 5.76 Å². The Balaban J connectivity index is 1.93. The lowest BCUT2D eigenvalue weighted by molar-refractivity contribution is 0.224. The standard InChI is InChI=1S/C7H12N4O2/c12-7-9-6(10-13-7)5-11-3-1-8-2-4-11/h8H,1-5H2,(H,9,10,12). The molecule has 6 heteroatoms. The Morgan fingerprint density at radius 3 is 2.85 bits per heavy atom.